The summed E-state index contributed by atoms with van der Waals surface area (Å²) < 4.78 is 12.2. The summed E-state index contributed by atoms with van der Waals surface area (Å²) in [6, 6.07) is 13.2. The summed E-state index contributed by atoms with van der Waals surface area (Å²) in [5.74, 6) is 1.26. The minimum atomic E-state index is -0.0828. The fourth-order valence-corrected chi connectivity index (χ4v) is 2.29. The van der Waals surface area contributed by atoms with Crippen molar-refractivity contribution < 1.29 is 14.3 Å². The van der Waals surface area contributed by atoms with E-state index in [2.05, 4.69) is 21.2 Å². The van der Waals surface area contributed by atoms with Crippen LogP contribution in [0.1, 0.15) is 18.9 Å². The molecule has 2 aromatic carbocycles. The van der Waals surface area contributed by atoms with Crippen LogP contribution in [0.4, 0.5) is 5.69 Å². The average molecular weight is 378 g/mol. The molecule has 0 aliphatic rings. The summed E-state index contributed by atoms with van der Waals surface area (Å²) in [4.78, 5) is 12.0. The minimum Gasteiger partial charge on any atom is -0.490 e. The molecule has 0 aliphatic carbocycles. The zero-order chi connectivity index (χ0) is 16.7. The van der Waals surface area contributed by atoms with Crippen LogP contribution >= 0.6 is 15.9 Å². The number of hydrogen-bond acceptors (Lipinski definition) is 3. The van der Waals surface area contributed by atoms with Gasteiger partial charge in [-0.05, 0) is 49.7 Å². The largest absolute Gasteiger partial charge is 0.490 e. The third-order valence-electron chi connectivity index (χ3n) is 3.18. The summed E-state index contributed by atoms with van der Waals surface area (Å²) in [7, 11) is 0. The molecule has 0 saturated carbocycles. The highest BCUT2D eigenvalue weighted by molar-refractivity contribution is 9.10. The fraction of sp³-hybridized carbons (Fsp3) is 0.278. The number of rotatable bonds is 7. The van der Waals surface area contributed by atoms with Gasteiger partial charge in [0.15, 0.2) is 11.5 Å². The fourth-order valence-electron chi connectivity index (χ4n) is 2.04. The van der Waals surface area contributed by atoms with Crippen LogP contribution < -0.4 is 14.8 Å². The van der Waals surface area contributed by atoms with Crippen molar-refractivity contribution in [3.05, 3.63) is 52.5 Å². The first-order valence-corrected chi connectivity index (χ1v) is 8.30. The molecule has 0 fully saturated rings. The van der Waals surface area contributed by atoms with E-state index in [4.69, 9.17) is 9.47 Å². The van der Waals surface area contributed by atoms with E-state index >= 15 is 0 Å². The van der Waals surface area contributed by atoms with E-state index in [0.29, 0.717) is 24.7 Å². The quantitative estimate of drug-likeness (QED) is 0.768. The zero-order valence-corrected chi connectivity index (χ0v) is 14.9. The van der Waals surface area contributed by atoms with Gasteiger partial charge in [0.05, 0.1) is 19.6 Å². The Labute approximate surface area is 144 Å². The normalized spacial score (nSPS) is 10.2. The summed E-state index contributed by atoms with van der Waals surface area (Å²) in [5.41, 5.74) is 1.86. The van der Waals surface area contributed by atoms with Gasteiger partial charge >= 0.3 is 0 Å². The van der Waals surface area contributed by atoms with Crippen LogP contribution in [0.2, 0.25) is 0 Å². The lowest BCUT2D eigenvalue weighted by Crippen LogP contribution is -2.15. The Bertz CT molecular complexity index is 673. The average Bonchev–Trinajstić information content (AvgIpc) is 2.53. The molecule has 0 aromatic heterocycles. The first-order valence-electron chi connectivity index (χ1n) is 7.50. The number of carbonyl (C=O) groups is 1. The third kappa shape index (κ3) is 5.28. The topological polar surface area (TPSA) is 47.6 Å². The molecule has 0 heterocycles. The molecule has 122 valence electrons. The van der Waals surface area contributed by atoms with Crippen LogP contribution in [-0.4, -0.2) is 19.1 Å². The van der Waals surface area contributed by atoms with E-state index in [9.17, 15) is 4.79 Å². The van der Waals surface area contributed by atoms with Crippen LogP contribution in [0.5, 0.6) is 11.5 Å². The maximum Gasteiger partial charge on any atom is 0.227 e. The molecule has 1 amide bonds. The number of carbonyl (C=O) groups excluding carboxylic acids is 1. The Kier molecular flexibility index (Phi) is 6.47. The van der Waals surface area contributed by atoms with Gasteiger partial charge in [0.2, 0.25) is 5.91 Å². The second-order valence-corrected chi connectivity index (χ2v) is 5.84. The molecule has 0 aliphatic heterocycles. The summed E-state index contributed by atoms with van der Waals surface area (Å²) in [5, 5.41) is 2.86. The SMILES string of the molecule is CCOc1ccccc1OCCC(=O)Nc1ccc(Br)c(C)c1. The van der Waals surface area contributed by atoms with Crippen molar-refractivity contribution >= 4 is 27.5 Å². The minimum absolute atomic E-state index is 0.0828. The van der Waals surface area contributed by atoms with Gasteiger partial charge < -0.3 is 14.8 Å². The molecule has 0 bridgehead atoms. The molecule has 0 radical (unpaired) electrons. The Morgan fingerprint density at radius 1 is 1.13 bits per heavy atom. The van der Waals surface area contributed by atoms with Crippen LogP contribution in [0.25, 0.3) is 0 Å². The van der Waals surface area contributed by atoms with Crippen LogP contribution in [-0.2, 0) is 4.79 Å². The van der Waals surface area contributed by atoms with E-state index in [-0.39, 0.29) is 12.3 Å². The number of amides is 1. The standard InChI is InChI=1S/C18H20BrNO3/c1-3-22-16-6-4-5-7-17(16)23-11-10-18(21)20-14-8-9-15(19)13(2)12-14/h4-9,12H,3,10-11H2,1-2H3,(H,20,21). The monoisotopic (exact) mass is 377 g/mol. The zero-order valence-electron chi connectivity index (χ0n) is 13.3. The predicted molar refractivity (Wildman–Crippen MR) is 95.2 cm³/mol. The molecule has 0 saturated heterocycles. The van der Waals surface area contributed by atoms with Gasteiger partial charge in [-0.15, -0.1) is 0 Å². The Morgan fingerprint density at radius 3 is 2.48 bits per heavy atom. The first-order chi connectivity index (χ1) is 11.1. The van der Waals surface area contributed by atoms with E-state index in [1.54, 1.807) is 0 Å². The van der Waals surface area contributed by atoms with Gasteiger partial charge in [-0.1, -0.05) is 28.1 Å². The molecular formula is C18H20BrNO3. The lowest BCUT2D eigenvalue weighted by atomic mass is 10.2. The highest BCUT2D eigenvalue weighted by Crippen LogP contribution is 2.26. The van der Waals surface area contributed by atoms with E-state index < -0.39 is 0 Å². The van der Waals surface area contributed by atoms with Crippen molar-refractivity contribution in [2.24, 2.45) is 0 Å². The molecule has 2 rings (SSSR count). The molecule has 4 nitrogen and oxygen atoms in total. The molecule has 0 unspecified atom stereocenters. The second-order valence-electron chi connectivity index (χ2n) is 4.99. The number of halogens is 1. The van der Waals surface area contributed by atoms with Gasteiger partial charge in [-0.25, -0.2) is 0 Å². The van der Waals surface area contributed by atoms with Gasteiger partial charge in [0.25, 0.3) is 0 Å². The van der Waals surface area contributed by atoms with Gasteiger partial charge in [-0.2, -0.15) is 0 Å². The number of nitrogens with one attached hydrogen (secondary N) is 1. The lowest BCUT2D eigenvalue weighted by Gasteiger charge is -2.11. The van der Waals surface area contributed by atoms with Crippen molar-refractivity contribution in [3.63, 3.8) is 0 Å². The van der Waals surface area contributed by atoms with E-state index in [1.165, 1.54) is 0 Å². The van der Waals surface area contributed by atoms with Crippen LogP contribution in [0.3, 0.4) is 0 Å². The number of ether oxygens (including phenoxy) is 2. The number of para-hydroxylation sites is 2. The number of hydrogen-bond donors (Lipinski definition) is 1. The van der Waals surface area contributed by atoms with Crippen molar-refractivity contribution in [1.29, 1.82) is 0 Å². The molecule has 0 atom stereocenters. The van der Waals surface area contributed by atoms with Crippen LogP contribution in [0.15, 0.2) is 46.9 Å². The Balaban J connectivity index is 1.84. The number of aryl methyl sites for hydroxylation is 1. The second kappa shape index (κ2) is 8.58. The molecule has 23 heavy (non-hydrogen) atoms. The summed E-state index contributed by atoms with van der Waals surface area (Å²) in [6.45, 7) is 4.77. The summed E-state index contributed by atoms with van der Waals surface area (Å²) >= 11 is 3.44. The molecular weight excluding hydrogens is 358 g/mol. The Morgan fingerprint density at radius 2 is 1.83 bits per heavy atom. The predicted octanol–water partition coefficient (Wildman–Crippen LogP) is 4.56. The summed E-state index contributed by atoms with van der Waals surface area (Å²) in [6.07, 6.45) is 0.273. The molecule has 2 aromatic rings. The van der Waals surface area contributed by atoms with E-state index in [0.717, 1.165) is 15.7 Å². The van der Waals surface area contributed by atoms with Crippen molar-refractivity contribution in [2.75, 3.05) is 18.5 Å². The van der Waals surface area contributed by atoms with Crippen molar-refractivity contribution in [3.8, 4) is 11.5 Å². The maximum atomic E-state index is 12.0. The number of anilines is 1. The van der Waals surface area contributed by atoms with Gasteiger partial charge in [0.1, 0.15) is 0 Å². The lowest BCUT2D eigenvalue weighted by molar-refractivity contribution is -0.116. The first kappa shape index (κ1) is 17.3. The van der Waals surface area contributed by atoms with Gasteiger partial charge in [-0.3, -0.25) is 4.79 Å². The molecule has 1 N–H and O–H groups in total. The van der Waals surface area contributed by atoms with Crippen molar-refractivity contribution in [1.82, 2.24) is 0 Å². The number of benzene rings is 2. The van der Waals surface area contributed by atoms with Gasteiger partial charge in [0, 0.05) is 10.2 Å². The molecule has 0 spiro atoms. The highest BCUT2D eigenvalue weighted by Gasteiger charge is 2.07. The third-order valence-corrected chi connectivity index (χ3v) is 4.07. The Hall–Kier alpha value is -2.01. The van der Waals surface area contributed by atoms with Crippen LogP contribution in [0, 0.1) is 6.92 Å². The molecule has 5 heteroatoms. The van der Waals surface area contributed by atoms with E-state index in [1.807, 2.05) is 56.3 Å². The van der Waals surface area contributed by atoms with Crippen molar-refractivity contribution in [2.45, 2.75) is 20.3 Å². The highest BCUT2D eigenvalue weighted by atomic mass is 79.9. The maximum absolute atomic E-state index is 12.0. The smallest absolute Gasteiger partial charge is 0.227 e.